The van der Waals surface area contributed by atoms with Crippen LogP contribution in [-0.4, -0.2) is 21.6 Å². The van der Waals surface area contributed by atoms with E-state index in [2.05, 4.69) is 15.7 Å². The number of para-hydroxylation sites is 1. The summed E-state index contributed by atoms with van der Waals surface area (Å²) in [6, 6.07) is 20.7. The molecule has 0 unspecified atom stereocenters. The molecule has 2 aromatic heterocycles. The van der Waals surface area contributed by atoms with Crippen LogP contribution in [0.15, 0.2) is 78.3 Å². The van der Waals surface area contributed by atoms with Crippen LogP contribution in [0.3, 0.4) is 0 Å². The molecule has 0 saturated heterocycles. The fourth-order valence-corrected chi connectivity index (χ4v) is 3.73. The Morgan fingerprint density at radius 2 is 1.68 bits per heavy atom. The van der Waals surface area contributed by atoms with Gasteiger partial charge in [-0.3, -0.25) is 9.59 Å². The van der Waals surface area contributed by atoms with Crippen molar-refractivity contribution in [1.29, 1.82) is 0 Å². The second-order valence-corrected chi connectivity index (χ2v) is 8.28. The maximum atomic E-state index is 13.2. The maximum absolute atomic E-state index is 13.2. The first-order chi connectivity index (χ1) is 15.0. The summed E-state index contributed by atoms with van der Waals surface area (Å²) in [5, 5.41) is 12.4. The highest BCUT2D eigenvalue weighted by molar-refractivity contribution is 7.13. The molecule has 0 radical (unpaired) electrons. The molecule has 2 aromatic carbocycles. The molecule has 0 fully saturated rings. The van der Waals surface area contributed by atoms with Crippen LogP contribution in [-0.2, 0) is 4.79 Å². The molecule has 4 aromatic rings. The van der Waals surface area contributed by atoms with Gasteiger partial charge in [-0.05, 0) is 41.8 Å². The fraction of sp³-hybridized carbons (Fsp3) is 0.125. The van der Waals surface area contributed by atoms with Gasteiger partial charge in [-0.2, -0.15) is 5.10 Å². The molecule has 6 nitrogen and oxygen atoms in total. The minimum absolute atomic E-state index is 0.0763. The third-order valence-corrected chi connectivity index (χ3v) is 5.52. The van der Waals surface area contributed by atoms with Crippen LogP contribution in [0.25, 0.3) is 16.3 Å². The number of hydrogen-bond acceptors (Lipinski definition) is 4. The summed E-state index contributed by atoms with van der Waals surface area (Å²) in [7, 11) is 0. The van der Waals surface area contributed by atoms with Crippen LogP contribution in [0.4, 0.5) is 11.4 Å². The van der Waals surface area contributed by atoms with E-state index in [1.807, 2.05) is 61.7 Å². The summed E-state index contributed by atoms with van der Waals surface area (Å²) in [5.74, 6) is -0.471. The van der Waals surface area contributed by atoms with Gasteiger partial charge >= 0.3 is 0 Å². The molecule has 4 rings (SSSR count). The van der Waals surface area contributed by atoms with E-state index < -0.39 is 0 Å². The van der Waals surface area contributed by atoms with Crippen LogP contribution >= 0.6 is 11.3 Å². The van der Waals surface area contributed by atoms with Crippen LogP contribution < -0.4 is 10.6 Å². The van der Waals surface area contributed by atoms with E-state index in [0.29, 0.717) is 22.6 Å². The Hall–Kier alpha value is -3.71. The quantitative estimate of drug-likeness (QED) is 0.427. The van der Waals surface area contributed by atoms with Crippen LogP contribution in [0.2, 0.25) is 0 Å². The summed E-state index contributed by atoms with van der Waals surface area (Å²) in [5.41, 5.74) is 3.20. The Kier molecular flexibility index (Phi) is 5.95. The minimum atomic E-state index is -0.266. The molecular weight excluding hydrogens is 408 g/mol. The van der Waals surface area contributed by atoms with E-state index in [-0.39, 0.29) is 17.7 Å². The van der Waals surface area contributed by atoms with Crippen molar-refractivity contribution in [3.05, 3.63) is 83.9 Å². The van der Waals surface area contributed by atoms with Crippen molar-refractivity contribution in [3.63, 3.8) is 0 Å². The summed E-state index contributed by atoms with van der Waals surface area (Å²) in [4.78, 5) is 26.1. The van der Waals surface area contributed by atoms with Gasteiger partial charge in [-0.25, -0.2) is 4.68 Å². The number of benzene rings is 2. The molecular formula is C24H22N4O2S. The van der Waals surface area contributed by atoms with Gasteiger partial charge in [0.15, 0.2) is 0 Å². The first-order valence-corrected chi connectivity index (χ1v) is 10.8. The van der Waals surface area contributed by atoms with E-state index in [9.17, 15) is 9.59 Å². The number of hydrogen-bond donors (Lipinski definition) is 2. The summed E-state index contributed by atoms with van der Waals surface area (Å²) >= 11 is 1.53. The molecule has 156 valence electrons. The van der Waals surface area contributed by atoms with Gasteiger partial charge in [-0.1, -0.05) is 44.2 Å². The van der Waals surface area contributed by atoms with Gasteiger partial charge in [0.2, 0.25) is 5.91 Å². The molecule has 31 heavy (non-hydrogen) atoms. The first kappa shape index (κ1) is 20.6. The number of thiophene rings is 1. The highest BCUT2D eigenvalue weighted by Gasteiger charge is 2.20. The zero-order valence-corrected chi connectivity index (χ0v) is 18.0. The molecule has 2 N–H and O–H groups in total. The average molecular weight is 431 g/mol. The Bertz CT molecular complexity index is 1200. The van der Waals surface area contributed by atoms with Crippen LogP contribution in [0.1, 0.15) is 24.2 Å². The van der Waals surface area contributed by atoms with Crippen LogP contribution in [0, 0.1) is 5.92 Å². The fourth-order valence-electron chi connectivity index (χ4n) is 3.01. The molecule has 0 aliphatic heterocycles. The molecule has 0 saturated carbocycles. The average Bonchev–Trinajstić information content (AvgIpc) is 3.44. The molecule has 0 spiro atoms. The zero-order chi connectivity index (χ0) is 21.8. The SMILES string of the molecule is CC(C)C(=O)Nc1cccc(NC(=O)c2cn(-c3ccccc3)nc2-c2cccs2)c1. The molecule has 0 bridgehead atoms. The standard InChI is InChI=1S/C24H22N4O2S/c1-16(2)23(29)25-17-8-6-9-18(14-17)26-24(30)20-15-28(19-10-4-3-5-11-19)27-22(20)21-12-7-13-31-21/h3-16H,1-2H3,(H,25,29)(H,26,30). The first-order valence-electron chi connectivity index (χ1n) is 9.92. The molecule has 0 aliphatic carbocycles. The van der Waals surface area contributed by atoms with Crippen molar-refractivity contribution in [3.8, 4) is 16.3 Å². The third kappa shape index (κ3) is 4.73. The topological polar surface area (TPSA) is 76.0 Å². The van der Waals surface area contributed by atoms with Gasteiger partial charge in [0.1, 0.15) is 5.69 Å². The second kappa shape index (κ2) is 8.97. The van der Waals surface area contributed by atoms with Crippen molar-refractivity contribution in [2.75, 3.05) is 10.6 Å². The normalized spacial score (nSPS) is 10.8. The Morgan fingerprint density at radius 1 is 0.935 bits per heavy atom. The van der Waals surface area contributed by atoms with Gasteiger partial charge < -0.3 is 10.6 Å². The number of carbonyl (C=O) groups excluding carboxylic acids is 2. The molecule has 2 heterocycles. The monoisotopic (exact) mass is 430 g/mol. The van der Waals surface area contributed by atoms with Crippen molar-refractivity contribution in [2.45, 2.75) is 13.8 Å². The lowest BCUT2D eigenvalue weighted by molar-refractivity contribution is -0.118. The largest absolute Gasteiger partial charge is 0.326 e. The number of carbonyl (C=O) groups is 2. The highest BCUT2D eigenvalue weighted by atomic mass is 32.1. The van der Waals surface area contributed by atoms with E-state index in [1.165, 1.54) is 11.3 Å². The second-order valence-electron chi connectivity index (χ2n) is 7.33. The molecule has 2 amide bonds. The maximum Gasteiger partial charge on any atom is 0.259 e. The smallest absolute Gasteiger partial charge is 0.259 e. The van der Waals surface area contributed by atoms with E-state index in [1.54, 1.807) is 35.1 Å². The zero-order valence-electron chi connectivity index (χ0n) is 17.2. The Labute approximate surface area is 184 Å². The molecule has 0 atom stereocenters. The lowest BCUT2D eigenvalue weighted by Crippen LogP contribution is -2.18. The third-order valence-electron chi connectivity index (χ3n) is 4.65. The predicted octanol–water partition coefficient (Wildman–Crippen LogP) is 5.45. The number of nitrogens with one attached hydrogen (secondary N) is 2. The summed E-state index contributed by atoms with van der Waals surface area (Å²) < 4.78 is 1.71. The van der Waals surface area contributed by atoms with Crippen molar-refractivity contribution >= 4 is 34.5 Å². The molecule has 0 aliphatic rings. The van der Waals surface area contributed by atoms with Crippen molar-refractivity contribution in [1.82, 2.24) is 9.78 Å². The summed E-state index contributed by atoms with van der Waals surface area (Å²) in [6.07, 6.45) is 1.74. The number of amides is 2. The number of rotatable bonds is 6. The van der Waals surface area contributed by atoms with Crippen molar-refractivity contribution < 1.29 is 9.59 Å². The lowest BCUT2D eigenvalue weighted by Gasteiger charge is -2.10. The highest BCUT2D eigenvalue weighted by Crippen LogP contribution is 2.28. The van der Waals surface area contributed by atoms with E-state index >= 15 is 0 Å². The number of aromatic nitrogens is 2. The lowest BCUT2D eigenvalue weighted by atomic mass is 10.2. The Balaban J connectivity index is 1.63. The van der Waals surface area contributed by atoms with Crippen molar-refractivity contribution in [2.24, 2.45) is 5.92 Å². The van der Waals surface area contributed by atoms with E-state index in [0.717, 1.165) is 10.6 Å². The summed E-state index contributed by atoms with van der Waals surface area (Å²) in [6.45, 7) is 3.66. The van der Waals surface area contributed by atoms with Gasteiger partial charge in [0, 0.05) is 23.5 Å². The Morgan fingerprint density at radius 3 is 2.35 bits per heavy atom. The predicted molar refractivity (Wildman–Crippen MR) is 125 cm³/mol. The van der Waals surface area contributed by atoms with Crippen LogP contribution in [0.5, 0.6) is 0 Å². The molecule has 7 heteroatoms. The number of anilines is 2. The van der Waals surface area contributed by atoms with Gasteiger partial charge in [0.05, 0.1) is 16.1 Å². The van der Waals surface area contributed by atoms with Gasteiger partial charge in [0.25, 0.3) is 5.91 Å². The minimum Gasteiger partial charge on any atom is -0.326 e. The van der Waals surface area contributed by atoms with Gasteiger partial charge in [-0.15, -0.1) is 11.3 Å². The number of nitrogens with zero attached hydrogens (tertiary/aromatic N) is 2. The van der Waals surface area contributed by atoms with E-state index in [4.69, 9.17) is 0 Å².